The SMILES string of the molecule is CC1(C)C[C@@H](C(=O)Nc2cnc(-n3nccn3)c(Cl)c2)c2cnn3cc(C(F)F)nc3c21. The predicted molar refractivity (Wildman–Crippen MR) is 111 cm³/mol. The van der Waals surface area contributed by atoms with Gasteiger partial charge >= 0.3 is 0 Å². The number of nitrogens with one attached hydrogen (secondary N) is 1. The standard InChI is InChI=1S/C20H17ClF2N8O/c1-20(2)6-11(12-8-27-30-9-14(16(22)23)29-18(30)15(12)20)19(32)28-10-5-13(21)17(24-7-10)31-25-3-4-26-31/h3-5,7-9,11,16H,6H2,1-2H3,(H,28,32)/t11-/m1/s1. The van der Waals surface area contributed by atoms with Crippen molar-refractivity contribution in [1.82, 2.24) is 34.6 Å². The molecule has 12 heteroatoms. The fourth-order valence-corrected chi connectivity index (χ4v) is 4.43. The summed E-state index contributed by atoms with van der Waals surface area (Å²) in [5.41, 5.74) is 1.37. The molecule has 0 unspecified atom stereocenters. The average Bonchev–Trinajstić information content (AvgIpc) is 3.45. The molecule has 1 atom stereocenters. The van der Waals surface area contributed by atoms with Gasteiger partial charge in [0.25, 0.3) is 6.43 Å². The molecule has 32 heavy (non-hydrogen) atoms. The number of hydrogen-bond acceptors (Lipinski definition) is 6. The summed E-state index contributed by atoms with van der Waals surface area (Å²) in [6.45, 7) is 3.92. The van der Waals surface area contributed by atoms with Crippen LogP contribution in [-0.4, -0.2) is 40.5 Å². The van der Waals surface area contributed by atoms with Crippen molar-refractivity contribution in [2.24, 2.45) is 0 Å². The Morgan fingerprint density at radius 2 is 2.00 bits per heavy atom. The minimum absolute atomic E-state index is 0.270. The van der Waals surface area contributed by atoms with Gasteiger partial charge in [0.15, 0.2) is 11.5 Å². The monoisotopic (exact) mass is 458 g/mol. The summed E-state index contributed by atoms with van der Waals surface area (Å²) in [6.07, 6.45) is 5.01. The second-order valence-electron chi connectivity index (χ2n) is 8.19. The van der Waals surface area contributed by atoms with Gasteiger partial charge in [-0.25, -0.2) is 23.3 Å². The topological polar surface area (TPSA) is 103 Å². The summed E-state index contributed by atoms with van der Waals surface area (Å²) in [5, 5.41) is 15.3. The average molecular weight is 459 g/mol. The number of halogens is 3. The van der Waals surface area contributed by atoms with Crippen LogP contribution in [0.25, 0.3) is 11.5 Å². The second kappa shape index (κ2) is 7.30. The van der Waals surface area contributed by atoms with Crippen molar-refractivity contribution in [1.29, 1.82) is 0 Å². The highest BCUT2D eigenvalue weighted by Gasteiger charge is 2.43. The van der Waals surface area contributed by atoms with Crippen molar-refractivity contribution in [2.75, 3.05) is 5.32 Å². The lowest BCUT2D eigenvalue weighted by molar-refractivity contribution is -0.117. The zero-order valence-electron chi connectivity index (χ0n) is 17.0. The number of rotatable bonds is 4. The van der Waals surface area contributed by atoms with E-state index in [0.29, 0.717) is 29.1 Å². The number of anilines is 1. The Kier molecular flexibility index (Phi) is 4.66. The zero-order valence-corrected chi connectivity index (χ0v) is 17.8. The van der Waals surface area contributed by atoms with Crippen LogP contribution in [0.2, 0.25) is 5.02 Å². The maximum absolute atomic E-state index is 13.2. The van der Waals surface area contributed by atoms with Gasteiger partial charge < -0.3 is 5.32 Å². The van der Waals surface area contributed by atoms with Crippen molar-refractivity contribution in [3.05, 3.63) is 58.9 Å². The van der Waals surface area contributed by atoms with Gasteiger partial charge in [-0.1, -0.05) is 25.4 Å². The van der Waals surface area contributed by atoms with E-state index in [-0.39, 0.29) is 16.6 Å². The Balaban J connectivity index is 1.46. The molecule has 1 aliphatic rings. The molecule has 4 heterocycles. The van der Waals surface area contributed by atoms with E-state index in [1.807, 2.05) is 13.8 Å². The van der Waals surface area contributed by atoms with Crippen molar-refractivity contribution in [3.63, 3.8) is 0 Å². The van der Waals surface area contributed by atoms with Crippen LogP contribution < -0.4 is 5.32 Å². The van der Waals surface area contributed by atoms with Crippen LogP contribution in [0, 0.1) is 0 Å². The molecule has 1 aliphatic carbocycles. The molecule has 4 aromatic rings. The van der Waals surface area contributed by atoms with Crippen LogP contribution in [0.15, 0.2) is 37.1 Å². The van der Waals surface area contributed by atoms with Crippen molar-refractivity contribution in [3.8, 4) is 5.82 Å². The Bertz CT molecular complexity index is 1340. The highest BCUT2D eigenvalue weighted by atomic mass is 35.5. The number of nitrogens with zero attached hydrogens (tertiary/aromatic N) is 7. The first-order valence-electron chi connectivity index (χ1n) is 9.74. The molecular weight excluding hydrogens is 442 g/mol. The Morgan fingerprint density at radius 1 is 1.25 bits per heavy atom. The third-order valence-electron chi connectivity index (χ3n) is 5.54. The number of hydrogen-bond donors (Lipinski definition) is 1. The zero-order chi connectivity index (χ0) is 22.6. The summed E-state index contributed by atoms with van der Waals surface area (Å²) in [4.78, 5) is 22.7. The lowest BCUT2D eigenvalue weighted by Gasteiger charge is -2.19. The van der Waals surface area contributed by atoms with Crippen LogP contribution in [0.5, 0.6) is 0 Å². The van der Waals surface area contributed by atoms with Gasteiger partial charge in [0.2, 0.25) is 5.91 Å². The fraction of sp³-hybridized carbons (Fsp3) is 0.300. The van der Waals surface area contributed by atoms with E-state index in [0.717, 1.165) is 5.56 Å². The molecule has 0 spiro atoms. The largest absolute Gasteiger partial charge is 0.324 e. The quantitative estimate of drug-likeness (QED) is 0.500. The van der Waals surface area contributed by atoms with Crippen molar-refractivity contribution >= 4 is 28.8 Å². The summed E-state index contributed by atoms with van der Waals surface area (Å²) >= 11 is 6.29. The number of carbonyl (C=O) groups excluding carboxylic acids is 1. The first kappa shape index (κ1) is 20.4. The van der Waals surface area contributed by atoms with Crippen LogP contribution in [0.4, 0.5) is 14.5 Å². The summed E-state index contributed by atoms with van der Waals surface area (Å²) < 4.78 is 27.6. The van der Waals surface area contributed by atoms with Gasteiger partial charge in [0.05, 0.1) is 47.6 Å². The van der Waals surface area contributed by atoms with E-state index < -0.39 is 17.8 Å². The summed E-state index contributed by atoms with van der Waals surface area (Å²) in [5.74, 6) is -0.468. The third kappa shape index (κ3) is 3.29. The van der Waals surface area contributed by atoms with E-state index >= 15 is 0 Å². The minimum atomic E-state index is -2.70. The highest BCUT2D eigenvalue weighted by Crippen LogP contribution is 2.47. The number of aromatic nitrogens is 7. The van der Waals surface area contributed by atoms with E-state index in [1.165, 1.54) is 34.1 Å². The van der Waals surface area contributed by atoms with Crippen LogP contribution in [-0.2, 0) is 10.2 Å². The number of imidazole rings is 1. The molecule has 5 rings (SSSR count). The smallest absolute Gasteiger partial charge is 0.281 e. The molecule has 0 aliphatic heterocycles. The van der Waals surface area contributed by atoms with Crippen molar-refractivity contribution < 1.29 is 13.6 Å². The molecule has 0 bridgehead atoms. The number of alkyl halides is 2. The molecule has 4 aromatic heterocycles. The minimum Gasteiger partial charge on any atom is -0.324 e. The van der Waals surface area contributed by atoms with Gasteiger partial charge in [0.1, 0.15) is 5.69 Å². The molecule has 0 saturated carbocycles. The lowest BCUT2D eigenvalue weighted by atomic mass is 9.86. The van der Waals surface area contributed by atoms with Gasteiger partial charge in [-0.15, -0.1) is 4.80 Å². The van der Waals surface area contributed by atoms with E-state index in [1.54, 1.807) is 12.3 Å². The normalized spacial score (nSPS) is 17.1. The first-order valence-corrected chi connectivity index (χ1v) is 10.1. The molecule has 0 saturated heterocycles. The molecule has 1 N–H and O–H groups in total. The van der Waals surface area contributed by atoms with E-state index in [2.05, 4.69) is 30.6 Å². The van der Waals surface area contributed by atoms with Gasteiger partial charge in [-0.2, -0.15) is 15.3 Å². The predicted octanol–water partition coefficient (Wildman–Crippen LogP) is 3.70. The number of carbonyl (C=O) groups is 1. The van der Waals surface area contributed by atoms with Gasteiger partial charge in [0, 0.05) is 5.56 Å². The molecule has 0 aromatic carbocycles. The molecule has 0 fully saturated rings. The van der Waals surface area contributed by atoms with Crippen LogP contribution >= 0.6 is 11.6 Å². The fourth-order valence-electron chi connectivity index (χ4n) is 4.19. The Morgan fingerprint density at radius 3 is 2.69 bits per heavy atom. The molecule has 1 amide bonds. The highest BCUT2D eigenvalue weighted by molar-refractivity contribution is 6.32. The van der Waals surface area contributed by atoms with Crippen LogP contribution in [0.3, 0.4) is 0 Å². The van der Waals surface area contributed by atoms with Gasteiger partial charge in [-0.05, 0) is 23.5 Å². The lowest BCUT2D eigenvalue weighted by Crippen LogP contribution is -2.21. The maximum Gasteiger partial charge on any atom is 0.281 e. The number of amides is 1. The van der Waals surface area contributed by atoms with Crippen LogP contribution in [0.1, 0.15) is 49.4 Å². The Labute approximate surface area is 185 Å². The van der Waals surface area contributed by atoms with E-state index in [9.17, 15) is 13.6 Å². The Hall–Kier alpha value is -3.47. The summed E-state index contributed by atoms with van der Waals surface area (Å²) in [6, 6.07) is 1.57. The molecule has 9 nitrogen and oxygen atoms in total. The van der Waals surface area contributed by atoms with Crippen molar-refractivity contribution in [2.45, 2.75) is 38.0 Å². The number of fused-ring (bicyclic) bond motifs is 3. The van der Waals surface area contributed by atoms with Gasteiger partial charge in [-0.3, -0.25) is 4.79 Å². The third-order valence-corrected chi connectivity index (χ3v) is 5.82. The summed E-state index contributed by atoms with van der Waals surface area (Å²) in [7, 11) is 0. The van der Waals surface area contributed by atoms with E-state index in [4.69, 9.17) is 11.6 Å². The molecule has 164 valence electrons. The first-order chi connectivity index (χ1) is 15.2. The molecule has 0 radical (unpaired) electrons. The maximum atomic E-state index is 13.2. The molecular formula is C20H17ClF2N8O. The number of pyridine rings is 1. The second-order valence-corrected chi connectivity index (χ2v) is 8.59.